The molecule has 9 heteroatoms. The zero-order chi connectivity index (χ0) is 19.9. The van der Waals surface area contributed by atoms with Crippen LogP contribution in [0, 0.1) is 13.8 Å². The van der Waals surface area contributed by atoms with Gasteiger partial charge in [0.05, 0.1) is 36.8 Å². The SMILES string of the molecule is Cc1nn(-c2ccccc2)c(C)c1C1COCCN1S(=O)(=O)c1cnn(C)c1. The van der Waals surface area contributed by atoms with Gasteiger partial charge < -0.3 is 4.74 Å². The zero-order valence-electron chi connectivity index (χ0n) is 16.1. The summed E-state index contributed by atoms with van der Waals surface area (Å²) in [5, 5.41) is 8.69. The van der Waals surface area contributed by atoms with E-state index in [-0.39, 0.29) is 11.4 Å². The Morgan fingerprint density at radius 1 is 1.18 bits per heavy atom. The van der Waals surface area contributed by atoms with E-state index in [2.05, 4.69) is 10.2 Å². The molecular formula is C19H23N5O3S. The molecule has 2 aromatic heterocycles. The van der Waals surface area contributed by atoms with Crippen molar-refractivity contribution in [1.82, 2.24) is 23.9 Å². The molecule has 1 atom stereocenters. The van der Waals surface area contributed by atoms with Crippen molar-refractivity contribution in [2.45, 2.75) is 24.8 Å². The van der Waals surface area contributed by atoms with Crippen molar-refractivity contribution < 1.29 is 13.2 Å². The Bertz CT molecular complexity index is 1090. The summed E-state index contributed by atoms with van der Waals surface area (Å²) in [5.74, 6) is 0. The zero-order valence-corrected chi connectivity index (χ0v) is 16.9. The van der Waals surface area contributed by atoms with Crippen molar-refractivity contribution in [2.24, 2.45) is 7.05 Å². The monoisotopic (exact) mass is 401 g/mol. The number of aromatic nitrogens is 4. The fourth-order valence-electron chi connectivity index (χ4n) is 3.73. The predicted molar refractivity (Wildman–Crippen MR) is 104 cm³/mol. The molecule has 3 heterocycles. The molecule has 1 unspecified atom stereocenters. The molecule has 1 aromatic carbocycles. The molecule has 1 aliphatic rings. The van der Waals surface area contributed by atoms with Gasteiger partial charge in [-0.2, -0.15) is 14.5 Å². The fourth-order valence-corrected chi connectivity index (χ4v) is 5.28. The van der Waals surface area contributed by atoms with Crippen LogP contribution in [0.25, 0.3) is 5.69 Å². The molecule has 0 saturated carbocycles. The molecule has 28 heavy (non-hydrogen) atoms. The molecule has 1 saturated heterocycles. The van der Waals surface area contributed by atoms with E-state index >= 15 is 0 Å². The summed E-state index contributed by atoms with van der Waals surface area (Å²) in [4.78, 5) is 0.188. The third-order valence-electron chi connectivity index (χ3n) is 5.05. The van der Waals surface area contributed by atoms with Crippen LogP contribution in [0.4, 0.5) is 0 Å². The maximum Gasteiger partial charge on any atom is 0.246 e. The van der Waals surface area contributed by atoms with Gasteiger partial charge in [-0.05, 0) is 26.0 Å². The standard InChI is InChI=1S/C19H23N5O3S/c1-14-19(15(2)24(21-14)16-7-5-4-6-8-16)18-13-27-10-9-23(18)28(25,26)17-11-20-22(3)12-17/h4-8,11-12,18H,9-10,13H2,1-3H3. The first-order valence-electron chi connectivity index (χ1n) is 9.09. The lowest BCUT2D eigenvalue weighted by molar-refractivity contribution is 0.0316. The van der Waals surface area contributed by atoms with E-state index < -0.39 is 16.1 Å². The summed E-state index contributed by atoms with van der Waals surface area (Å²) in [6.07, 6.45) is 2.91. The molecule has 0 spiro atoms. The first-order chi connectivity index (χ1) is 13.4. The molecule has 3 aromatic rings. The average molecular weight is 401 g/mol. The smallest absolute Gasteiger partial charge is 0.246 e. The molecule has 0 amide bonds. The highest BCUT2D eigenvalue weighted by Crippen LogP contribution is 2.34. The van der Waals surface area contributed by atoms with Crippen LogP contribution in [0.15, 0.2) is 47.6 Å². The maximum absolute atomic E-state index is 13.3. The Hall–Kier alpha value is -2.49. The third-order valence-corrected chi connectivity index (χ3v) is 6.91. The number of morpholine rings is 1. The highest BCUT2D eigenvalue weighted by Gasteiger charge is 2.38. The topological polar surface area (TPSA) is 82.2 Å². The van der Waals surface area contributed by atoms with Crippen LogP contribution in [0.5, 0.6) is 0 Å². The maximum atomic E-state index is 13.3. The van der Waals surface area contributed by atoms with Crippen LogP contribution >= 0.6 is 0 Å². The molecule has 0 radical (unpaired) electrons. The van der Waals surface area contributed by atoms with Gasteiger partial charge in [0.25, 0.3) is 0 Å². The quantitative estimate of drug-likeness (QED) is 0.668. The molecule has 0 bridgehead atoms. The van der Waals surface area contributed by atoms with E-state index in [4.69, 9.17) is 4.74 Å². The second-order valence-electron chi connectivity index (χ2n) is 6.89. The summed E-state index contributed by atoms with van der Waals surface area (Å²) in [7, 11) is -1.99. The van der Waals surface area contributed by atoms with E-state index in [9.17, 15) is 8.42 Å². The van der Waals surface area contributed by atoms with Crippen LogP contribution < -0.4 is 0 Å². The Kier molecular flexibility index (Phi) is 4.82. The lowest BCUT2D eigenvalue weighted by Crippen LogP contribution is -2.43. The Balaban J connectivity index is 1.78. The summed E-state index contributed by atoms with van der Waals surface area (Å²) >= 11 is 0. The number of ether oxygens (including phenoxy) is 1. The Morgan fingerprint density at radius 3 is 2.61 bits per heavy atom. The van der Waals surface area contributed by atoms with E-state index in [1.807, 2.05) is 48.9 Å². The number of nitrogens with zero attached hydrogens (tertiary/aromatic N) is 5. The van der Waals surface area contributed by atoms with Crippen LogP contribution in [-0.2, 0) is 21.8 Å². The van der Waals surface area contributed by atoms with Gasteiger partial charge in [0.2, 0.25) is 10.0 Å². The highest BCUT2D eigenvalue weighted by atomic mass is 32.2. The minimum atomic E-state index is -3.69. The molecule has 0 aliphatic carbocycles. The van der Waals surface area contributed by atoms with Crippen molar-refractivity contribution in [3.8, 4) is 5.69 Å². The first-order valence-corrected chi connectivity index (χ1v) is 10.5. The molecule has 0 N–H and O–H groups in total. The van der Waals surface area contributed by atoms with E-state index in [1.165, 1.54) is 21.4 Å². The lowest BCUT2D eigenvalue weighted by atomic mass is 10.0. The van der Waals surface area contributed by atoms with E-state index in [0.717, 1.165) is 22.6 Å². The normalized spacial score (nSPS) is 18.5. The molecule has 8 nitrogen and oxygen atoms in total. The number of para-hydroxylation sites is 1. The largest absolute Gasteiger partial charge is 0.378 e. The second kappa shape index (κ2) is 7.16. The number of rotatable bonds is 4. The minimum absolute atomic E-state index is 0.188. The lowest BCUT2D eigenvalue weighted by Gasteiger charge is -2.34. The summed E-state index contributed by atoms with van der Waals surface area (Å²) < 4.78 is 37.1. The number of aryl methyl sites for hydroxylation is 2. The van der Waals surface area contributed by atoms with Gasteiger partial charge in [-0.15, -0.1) is 0 Å². The summed E-state index contributed by atoms with van der Waals surface area (Å²) in [5.41, 5.74) is 3.53. The highest BCUT2D eigenvalue weighted by molar-refractivity contribution is 7.89. The Morgan fingerprint density at radius 2 is 1.93 bits per heavy atom. The van der Waals surface area contributed by atoms with Crippen molar-refractivity contribution in [3.05, 3.63) is 59.7 Å². The molecule has 1 aliphatic heterocycles. The predicted octanol–water partition coefficient (Wildman–Crippen LogP) is 1.98. The third kappa shape index (κ3) is 3.15. The van der Waals surface area contributed by atoms with Crippen molar-refractivity contribution in [3.63, 3.8) is 0 Å². The molecular weight excluding hydrogens is 378 g/mol. The minimum Gasteiger partial charge on any atom is -0.378 e. The number of hydrogen-bond donors (Lipinski definition) is 0. The van der Waals surface area contributed by atoms with E-state index in [1.54, 1.807) is 7.05 Å². The van der Waals surface area contributed by atoms with Crippen molar-refractivity contribution in [2.75, 3.05) is 19.8 Å². The van der Waals surface area contributed by atoms with Gasteiger partial charge in [-0.1, -0.05) is 18.2 Å². The average Bonchev–Trinajstić information content (AvgIpc) is 3.26. The van der Waals surface area contributed by atoms with Gasteiger partial charge >= 0.3 is 0 Å². The molecule has 4 rings (SSSR count). The van der Waals surface area contributed by atoms with Crippen LogP contribution in [0.3, 0.4) is 0 Å². The van der Waals surface area contributed by atoms with Gasteiger partial charge in [0.1, 0.15) is 4.90 Å². The van der Waals surface area contributed by atoms with Crippen LogP contribution in [0.2, 0.25) is 0 Å². The fraction of sp³-hybridized carbons (Fsp3) is 0.368. The van der Waals surface area contributed by atoms with Gasteiger partial charge in [-0.3, -0.25) is 4.68 Å². The van der Waals surface area contributed by atoms with Crippen molar-refractivity contribution >= 4 is 10.0 Å². The van der Waals surface area contributed by atoms with Crippen LogP contribution in [-0.4, -0.2) is 52.0 Å². The van der Waals surface area contributed by atoms with Crippen molar-refractivity contribution in [1.29, 1.82) is 0 Å². The number of sulfonamides is 1. The first kappa shape index (κ1) is 18.9. The van der Waals surface area contributed by atoms with Gasteiger partial charge in [0.15, 0.2) is 0 Å². The number of benzene rings is 1. The number of hydrogen-bond acceptors (Lipinski definition) is 5. The Labute approximate surface area is 164 Å². The van der Waals surface area contributed by atoms with Crippen LogP contribution in [0.1, 0.15) is 23.0 Å². The van der Waals surface area contributed by atoms with E-state index in [0.29, 0.717) is 13.2 Å². The van der Waals surface area contributed by atoms with Gasteiger partial charge in [0, 0.05) is 31.0 Å². The molecule has 148 valence electrons. The summed E-state index contributed by atoms with van der Waals surface area (Å²) in [6.45, 7) is 4.82. The summed E-state index contributed by atoms with van der Waals surface area (Å²) in [6, 6.07) is 9.38. The molecule has 1 fully saturated rings. The second-order valence-corrected chi connectivity index (χ2v) is 8.78. The van der Waals surface area contributed by atoms with Gasteiger partial charge in [-0.25, -0.2) is 13.1 Å².